The number of halogens is 2. The summed E-state index contributed by atoms with van der Waals surface area (Å²) >= 11 is 13.7. The van der Waals surface area contributed by atoms with Crippen molar-refractivity contribution in [3.8, 4) is 0 Å². The zero-order chi connectivity index (χ0) is 27.8. The first kappa shape index (κ1) is 28.5. The number of aryl methyl sites for hydroxylation is 1. The molecule has 4 rings (SSSR count). The molecule has 0 radical (unpaired) electrons. The summed E-state index contributed by atoms with van der Waals surface area (Å²) in [6.07, 6.45) is -0.0478. The van der Waals surface area contributed by atoms with Crippen molar-refractivity contribution in [1.29, 1.82) is 0 Å². The Morgan fingerprint density at radius 2 is 1.68 bits per heavy atom. The number of rotatable bonds is 5. The van der Waals surface area contributed by atoms with Gasteiger partial charge >= 0.3 is 6.03 Å². The number of urea groups is 1. The van der Waals surface area contributed by atoms with E-state index in [0.29, 0.717) is 23.0 Å². The van der Waals surface area contributed by atoms with Gasteiger partial charge in [0.05, 0.1) is 6.54 Å². The normalized spacial score (nSPS) is 22.3. The molecule has 38 heavy (non-hydrogen) atoms. The molecule has 0 aliphatic carbocycles. The number of hydrogen-bond donors (Lipinski definition) is 2. The molecular weight excluding hydrogens is 545 g/mol. The molecule has 0 bridgehead atoms. The molecule has 2 aromatic carbocycles. The molecule has 2 fully saturated rings. The van der Waals surface area contributed by atoms with Crippen molar-refractivity contribution in [1.82, 2.24) is 24.7 Å². The van der Waals surface area contributed by atoms with Crippen LogP contribution in [0, 0.1) is 6.92 Å². The summed E-state index contributed by atoms with van der Waals surface area (Å²) in [5, 5.41) is 6.96. The molecule has 2 aliphatic heterocycles. The van der Waals surface area contributed by atoms with Gasteiger partial charge in [0.2, 0.25) is 11.8 Å². The molecule has 11 heteroatoms. The fourth-order valence-electron chi connectivity index (χ4n) is 4.71. The minimum atomic E-state index is -0.836. The number of nitrogens with one attached hydrogen (secondary N) is 2. The Kier molecular flexibility index (Phi) is 8.52. The van der Waals surface area contributed by atoms with E-state index in [2.05, 4.69) is 14.9 Å². The van der Waals surface area contributed by atoms with Crippen LogP contribution in [0.3, 0.4) is 0 Å². The highest BCUT2D eigenvalue weighted by atomic mass is 35.5. The van der Waals surface area contributed by atoms with Gasteiger partial charge in [-0.2, -0.15) is 0 Å². The summed E-state index contributed by atoms with van der Waals surface area (Å²) in [5.74, 6) is -0.416. The predicted molar refractivity (Wildman–Crippen MR) is 151 cm³/mol. The molecule has 204 valence electrons. The lowest BCUT2D eigenvalue weighted by atomic mass is 9.97. The molecule has 0 saturated carbocycles. The number of carbonyl (C=O) groups is 3. The number of nitrogens with zero attached hydrogens (tertiary/aromatic N) is 3. The lowest BCUT2D eigenvalue weighted by molar-refractivity contribution is -0.165. The Balaban J connectivity index is 1.69. The van der Waals surface area contributed by atoms with E-state index in [4.69, 9.17) is 23.2 Å². The van der Waals surface area contributed by atoms with Gasteiger partial charge in [-0.1, -0.05) is 35.3 Å². The smallest absolute Gasteiger partial charge is 0.315 e. The predicted octanol–water partition coefficient (Wildman–Crippen LogP) is 4.33. The minimum absolute atomic E-state index is 0.142. The monoisotopic (exact) mass is 577 g/mol. The molecule has 2 N–H and O–H groups in total. The largest absolute Gasteiger partial charge is 0.340 e. The first-order chi connectivity index (χ1) is 17.8. The Labute approximate surface area is 238 Å². The zero-order valence-electron chi connectivity index (χ0n) is 22.1. The summed E-state index contributed by atoms with van der Waals surface area (Å²) in [6.45, 7) is 8.23. The van der Waals surface area contributed by atoms with Gasteiger partial charge in [0.25, 0.3) is 0 Å². The molecule has 0 aromatic heterocycles. The Bertz CT molecular complexity index is 1220. The number of benzene rings is 2. The standard InChI is InChI=1S/C27H33Cl2N5O3S/c1-16-12-19(29)10-11-22(16)38-33-14-20(30-26(37)31-27(2,3)4)24(35)34-21(25(36)32(5)15-23(33)34)13-17-6-8-18(28)9-7-17/h6-12,20-21,23H,13-15H2,1-5H3,(H2,30,31,37). The number of hydrogen-bond acceptors (Lipinski definition) is 5. The highest BCUT2D eigenvalue weighted by Crippen LogP contribution is 2.36. The third kappa shape index (κ3) is 6.57. The minimum Gasteiger partial charge on any atom is -0.340 e. The molecular formula is C27H33Cl2N5O3S. The SMILES string of the molecule is Cc1cc(Cl)ccc1SN1CC(NC(=O)NC(C)(C)C)C(=O)N2C(Cc3ccc(Cl)cc3)C(=O)N(C)CC12. The first-order valence-corrected chi connectivity index (χ1v) is 14.0. The van der Waals surface area contributed by atoms with Crippen LogP contribution in [0.4, 0.5) is 4.79 Å². The van der Waals surface area contributed by atoms with E-state index in [9.17, 15) is 14.4 Å². The van der Waals surface area contributed by atoms with Crippen molar-refractivity contribution >= 4 is 53.0 Å². The van der Waals surface area contributed by atoms with Gasteiger partial charge in [0.15, 0.2) is 0 Å². The van der Waals surface area contributed by atoms with Crippen molar-refractivity contribution in [2.75, 3.05) is 20.1 Å². The fraction of sp³-hybridized carbons (Fsp3) is 0.444. The van der Waals surface area contributed by atoms with Crippen molar-refractivity contribution in [2.45, 2.75) is 62.8 Å². The van der Waals surface area contributed by atoms with Crippen molar-refractivity contribution in [3.63, 3.8) is 0 Å². The average Bonchev–Trinajstić information content (AvgIpc) is 2.81. The van der Waals surface area contributed by atoms with Gasteiger partial charge in [0, 0.05) is 40.5 Å². The Morgan fingerprint density at radius 3 is 2.32 bits per heavy atom. The van der Waals surface area contributed by atoms with E-state index in [0.717, 1.165) is 16.0 Å². The van der Waals surface area contributed by atoms with Gasteiger partial charge < -0.3 is 20.4 Å². The van der Waals surface area contributed by atoms with Crippen LogP contribution in [0.2, 0.25) is 10.0 Å². The van der Waals surface area contributed by atoms with Crippen molar-refractivity contribution in [2.24, 2.45) is 0 Å². The molecule has 3 unspecified atom stereocenters. The molecule has 8 nitrogen and oxygen atoms in total. The van der Waals surface area contributed by atoms with E-state index < -0.39 is 23.7 Å². The van der Waals surface area contributed by atoms with Crippen LogP contribution >= 0.6 is 35.1 Å². The van der Waals surface area contributed by atoms with Crippen molar-refractivity contribution in [3.05, 3.63) is 63.6 Å². The van der Waals surface area contributed by atoms with E-state index in [-0.39, 0.29) is 24.5 Å². The highest BCUT2D eigenvalue weighted by Gasteiger charge is 2.50. The maximum Gasteiger partial charge on any atom is 0.315 e. The number of amides is 4. The van der Waals surface area contributed by atoms with E-state index in [1.807, 2.05) is 58.0 Å². The molecule has 0 spiro atoms. The maximum atomic E-state index is 13.9. The van der Waals surface area contributed by atoms with Crippen molar-refractivity contribution < 1.29 is 14.4 Å². The lowest BCUT2D eigenvalue weighted by Crippen LogP contribution is -2.74. The lowest BCUT2D eigenvalue weighted by Gasteiger charge is -2.53. The quantitative estimate of drug-likeness (QED) is 0.517. The second-order valence-electron chi connectivity index (χ2n) is 10.8. The number of fused-ring (bicyclic) bond motifs is 1. The van der Waals surface area contributed by atoms with Gasteiger partial charge in [0.1, 0.15) is 18.2 Å². The van der Waals surface area contributed by atoms with Gasteiger partial charge in [-0.15, -0.1) is 0 Å². The van der Waals surface area contributed by atoms with Crippen LogP contribution in [-0.2, 0) is 16.0 Å². The third-order valence-corrected chi connectivity index (χ3v) is 8.26. The Morgan fingerprint density at radius 1 is 1.03 bits per heavy atom. The summed E-state index contributed by atoms with van der Waals surface area (Å²) in [5.41, 5.74) is 1.42. The zero-order valence-corrected chi connectivity index (χ0v) is 24.5. The van der Waals surface area contributed by atoms with Crippen LogP contribution < -0.4 is 10.6 Å². The molecule has 2 aliphatic rings. The summed E-state index contributed by atoms with van der Waals surface area (Å²) in [4.78, 5) is 44.5. The van der Waals surface area contributed by atoms with Gasteiger partial charge in [-0.3, -0.25) is 9.59 Å². The second-order valence-corrected chi connectivity index (χ2v) is 12.8. The number of likely N-dealkylation sites (N-methyl/N-ethyl adjacent to an activating group) is 1. The molecule has 2 heterocycles. The van der Waals surface area contributed by atoms with Gasteiger partial charge in [-0.25, -0.2) is 9.10 Å². The molecule has 3 atom stereocenters. The van der Waals surface area contributed by atoms with Crippen LogP contribution in [0.15, 0.2) is 47.4 Å². The highest BCUT2D eigenvalue weighted by molar-refractivity contribution is 7.97. The van der Waals surface area contributed by atoms with Crippen LogP contribution in [0.1, 0.15) is 31.9 Å². The third-order valence-electron chi connectivity index (χ3n) is 6.49. The van der Waals surface area contributed by atoms with E-state index in [1.54, 1.807) is 29.0 Å². The fourth-order valence-corrected chi connectivity index (χ4v) is 6.16. The van der Waals surface area contributed by atoms with Crippen LogP contribution in [0.25, 0.3) is 0 Å². The Hall–Kier alpha value is -2.46. The summed E-state index contributed by atoms with van der Waals surface area (Å²) < 4.78 is 2.08. The maximum absolute atomic E-state index is 13.9. The molecule has 2 saturated heterocycles. The van der Waals surface area contributed by atoms with Crippen LogP contribution in [-0.4, -0.2) is 75.9 Å². The molecule has 2 aromatic rings. The second kappa shape index (κ2) is 11.3. The summed E-state index contributed by atoms with van der Waals surface area (Å²) in [6, 6.07) is 10.9. The summed E-state index contributed by atoms with van der Waals surface area (Å²) in [7, 11) is 1.76. The first-order valence-electron chi connectivity index (χ1n) is 12.4. The van der Waals surface area contributed by atoms with E-state index in [1.165, 1.54) is 11.9 Å². The number of carbonyl (C=O) groups excluding carboxylic acids is 3. The van der Waals surface area contributed by atoms with E-state index >= 15 is 0 Å². The number of piperazine rings is 1. The van der Waals surface area contributed by atoms with Gasteiger partial charge in [-0.05, 0) is 81.1 Å². The molecule has 4 amide bonds. The topological polar surface area (TPSA) is 85.0 Å². The van der Waals surface area contributed by atoms with Crippen LogP contribution in [0.5, 0.6) is 0 Å². The average molecular weight is 579 g/mol.